The average molecular weight is 817 g/mol. The van der Waals surface area contributed by atoms with Gasteiger partial charge in [0.15, 0.2) is 17.5 Å². The Hall–Kier alpha value is -8.74. The van der Waals surface area contributed by atoms with Gasteiger partial charge in [0, 0.05) is 27.5 Å². The third kappa shape index (κ3) is 7.09. The molecule has 0 aliphatic rings. The molecule has 298 valence electrons. The van der Waals surface area contributed by atoms with Crippen LogP contribution in [0, 0.1) is 0 Å². The summed E-state index contributed by atoms with van der Waals surface area (Å²) in [5, 5.41) is 6.74. The molecule has 0 saturated carbocycles. The van der Waals surface area contributed by atoms with Crippen LogP contribution < -0.4 is 0 Å². The number of nitrogens with zero attached hydrogens (tertiary/aromatic N) is 6. The second-order valence-corrected chi connectivity index (χ2v) is 16.0. The summed E-state index contributed by atoms with van der Waals surface area (Å²) < 4.78 is 0. The van der Waals surface area contributed by atoms with Crippen LogP contribution in [0.25, 0.3) is 123 Å². The number of fused-ring (bicyclic) bond motifs is 4. The quantitative estimate of drug-likeness (QED) is 0.149. The molecular weight excluding hydrogens is 781 g/mol. The molecule has 12 aromatic rings. The summed E-state index contributed by atoms with van der Waals surface area (Å²) in [7, 11) is 0. The summed E-state index contributed by atoms with van der Waals surface area (Å²) in [5.74, 6) is 1.65. The molecule has 0 unspecified atom stereocenters. The lowest BCUT2D eigenvalue weighted by atomic mass is 10.0. The Balaban J connectivity index is 1.04. The molecule has 0 radical (unpaired) electrons. The molecule has 0 aliphatic carbocycles. The number of pyridine rings is 3. The number of hydrogen-bond acceptors (Lipinski definition) is 6. The topological polar surface area (TPSA) is 77.3 Å². The predicted molar refractivity (Wildman–Crippen MR) is 261 cm³/mol. The summed E-state index contributed by atoms with van der Waals surface area (Å²) in [6, 6.07) is 75.3. The zero-order chi connectivity index (χ0) is 42.4. The van der Waals surface area contributed by atoms with Gasteiger partial charge >= 0.3 is 0 Å². The van der Waals surface area contributed by atoms with E-state index in [1.807, 2.05) is 36.4 Å². The monoisotopic (exact) mass is 816 g/mol. The van der Waals surface area contributed by atoms with Gasteiger partial charge in [-0.25, -0.2) is 29.9 Å². The van der Waals surface area contributed by atoms with Gasteiger partial charge in [-0.2, -0.15) is 0 Å². The van der Waals surface area contributed by atoms with E-state index in [2.05, 4.69) is 182 Å². The fraction of sp³-hybridized carbons (Fsp3) is 0. The van der Waals surface area contributed by atoms with E-state index in [9.17, 15) is 0 Å². The Kier molecular flexibility index (Phi) is 9.05. The molecule has 0 N–H and O–H groups in total. The standard InChI is InChI=1S/C58H36N6/c1-3-11-37(12-4-1)39-19-23-41(24-20-39)56-62-57(42-25-21-40(22-26-42)38-13-5-2-6-14-38)64-58(63-56)49-35-54(50-29-27-47-31-43-15-7-9-17-45(43)33-52(47)59-50)61-55(36-49)51-30-28-48-32-44-16-8-10-18-46(44)34-53(48)60-51/h1-36H. The number of benzene rings is 8. The van der Waals surface area contributed by atoms with Crippen LogP contribution in [0.5, 0.6) is 0 Å². The van der Waals surface area contributed by atoms with Crippen LogP contribution in [0.4, 0.5) is 0 Å². The maximum absolute atomic E-state index is 5.28. The molecule has 0 aliphatic heterocycles. The molecule has 4 heterocycles. The van der Waals surface area contributed by atoms with E-state index >= 15 is 0 Å². The normalized spacial score (nSPS) is 11.4. The fourth-order valence-corrected chi connectivity index (χ4v) is 8.48. The van der Waals surface area contributed by atoms with E-state index in [0.717, 1.165) is 82.9 Å². The Bertz CT molecular complexity index is 3460. The Morgan fingerprint density at radius 2 is 0.531 bits per heavy atom. The third-order valence-corrected chi connectivity index (χ3v) is 11.9. The van der Waals surface area contributed by atoms with Crippen molar-refractivity contribution in [2.45, 2.75) is 0 Å². The van der Waals surface area contributed by atoms with E-state index in [4.69, 9.17) is 29.9 Å². The molecule has 64 heavy (non-hydrogen) atoms. The molecule has 0 saturated heterocycles. The first-order chi connectivity index (χ1) is 31.6. The molecule has 12 rings (SSSR count). The minimum Gasteiger partial charge on any atom is -0.246 e. The highest BCUT2D eigenvalue weighted by atomic mass is 15.0. The largest absolute Gasteiger partial charge is 0.246 e. The average Bonchev–Trinajstić information content (AvgIpc) is 3.37. The molecule has 0 fully saturated rings. The lowest BCUT2D eigenvalue weighted by Gasteiger charge is -2.12. The van der Waals surface area contributed by atoms with Crippen LogP contribution in [0.3, 0.4) is 0 Å². The van der Waals surface area contributed by atoms with Crippen molar-refractivity contribution in [1.29, 1.82) is 0 Å². The molecular formula is C58H36N6. The van der Waals surface area contributed by atoms with Gasteiger partial charge in [0.25, 0.3) is 0 Å². The van der Waals surface area contributed by atoms with Gasteiger partial charge in [-0.15, -0.1) is 0 Å². The second-order valence-electron chi connectivity index (χ2n) is 16.0. The predicted octanol–water partition coefficient (Wildman–Crippen LogP) is 14.3. The number of rotatable bonds is 7. The maximum Gasteiger partial charge on any atom is 0.164 e. The fourth-order valence-electron chi connectivity index (χ4n) is 8.48. The van der Waals surface area contributed by atoms with E-state index < -0.39 is 0 Å². The smallest absolute Gasteiger partial charge is 0.164 e. The van der Waals surface area contributed by atoms with Crippen molar-refractivity contribution in [3.8, 4) is 79.2 Å². The van der Waals surface area contributed by atoms with Crippen molar-refractivity contribution in [1.82, 2.24) is 29.9 Å². The summed E-state index contributed by atoms with van der Waals surface area (Å²) in [6.45, 7) is 0. The minimum atomic E-state index is 0.516. The molecule has 6 heteroatoms. The van der Waals surface area contributed by atoms with Crippen molar-refractivity contribution < 1.29 is 0 Å². The third-order valence-electron chi connectivity index (χ3n) is 11.9. The second kappa shape index (κ2) is 15.6. The Morgan fingerprint density at radius 1 is 0.188 bits per heavy atom. The maximum atomic E-state index is 5.28. The highest BCUT2D eigenvalue weighted by Crippen LogP contribution is 2.34. The SMILES string of the molecule is c1ccc(-c2ccc(-c3nc(-c4ccc(-c5ccccc5)cc4)nc(-c4cc(-c5ccc6cc7ccccc7cc6n5)nc(-c5ccc6cc7ccccc7cc6n5)c4)n3)cc2)cc1. The van der Waals surface area contributed by atoms with Gasteiger partial charge in [-0.1, -0.05) is 170 Å². The summed E-state index contributed by atoms with van der Waals surface area (Å²) in [5.41, 5.74) is 11.7. The van der Waals surface area contributed by atoms with E-state index in [1.165, 1.54) is 10.8 Å². The molecule has 0 bridgehead atoms. The molecule has 4 aromatic heterocycles. The summed E-state index contributed by atoms with van der Waals surface area (Å²) in [4.78, 5) is 31.2. The Labute approximate surface area is 369 Å². The molecule has 0 amide bonds. The van der Waals surface area contributed by atoms with Crippen LogP contribution in [0.1, 0.15) is 0 Å². The molecule has 0 spiro atoms. The van der Waals surface area contributed by atoms with E-state index in [0.29, 0.717) is 28.9 Å². The lowest BCUT2D eigenvalue weighted by Crippen LogP contribution is -2.02. The van der Waals surface area contributed by atoms with Gasteiger partial charge < -0.3 is 0 Å². The zero-order valence-electron chi connectivity index (χ0n) is 34.5. The van der Waals surface area contributed by atoms with Gasteiger partial charge in [-0.05, 0) is 92.3 Å². The number of hydrogen-bond donors (Lipinski definition) is 0. The van der Waals surface area contributed by atoms with Crippen molar-refractivity contribution >= 4 is 43.4 Å². The Morgan fingerprint density at radius 3 is 0.953 bits per heavy atom. The van der Waals surface area contributed by atoms with Gasteiger partial charge in [0.05, 0.1) is 33.8 Å². The van der Waals surface area contributed by atoms with E-state index in [-0.39, 0.29) is 0 Å². The van der Waals surface area contributed by atoms with Crippen LogP contribution in [0.2, 0.25) is 0 Å². The summed E-state index contributed by atoms with van der Waals surface area (Å²) in [6.07, 6.45) is 0. The van der Waals surface area contributed by atoms with Gasteiger partial charge in [0.1, 0.15) is 0 Å². The number of aromatic nitrogens is 6. The van der Waals surface area contributed by atoms with Gasteiger partial charge in [-0.3, -0.25) is 0 Å². The lowest BCUT2D eigenvalue weighted by molar-refractivity contribution is 1.07. The summed E-state index contributed by atoms with van der Waals surface area (Å²) >= 11 is 0. The highest BCUT2D eigenvalue weighted by molar-refractivity contribution is 5.98. The molecule has 8 aromatic carbocycles. The zero-order valence-corrected chi connectivity index (χ0v) is 34.5. The van der Waals surface area contributed by atoms with Crippen molar-refractivity contribution in [3.63, 3.8) is 0 Å². The molecule has 6 nitrogen and oxygen atoms in total. The molecule has 0 atom stereocenters. The van der Waals surface area contributed by atoms with Crippen LogP contribution in [0.15, 0.2) is 218 Å². The van der Waals surface area contributed by atoms with E-state index in [1.54, 1.807) is 0 Å². The first kappa shape index (κ1) is 37.1. The minimum absolute atomic E-state index is 0.516. The first-order valence-corrected chi connectivity index (χ1v) is 21.3. The van der Waals surface area contributed by atoms with Crippen LogP contribution in [-0.2, 0) is 0 Å². The van der Waals surface area contributed by atoms with Crippen molar-refractivity contribution in [2.75, 3.05) is 0 Å². The first-order valence-electron chi connectivity index (χ1n) is 21.3. The van der Waals surface area contributed by atoms with Gasteiger partial charge in [0.2, 0.25) is 0 Å². The van der Waals surface area contributed by atoms with Crippen molar-refractivity contribution in [3.05, 3.63) is 218 Å². The van der Waals surface area contributed by atoms with Crippen molar-refractivity contribution in [2.24, 2.45) is 0 Å². The van der Waals surface area contributed by atoms with Crippen LogP contribution >= 0.6 is 0 Å². The highest BCUT2D eigenvalue weighted by Gasteiger charge is 2.18. The van der Waals surface area contributed by atoms with Crippen LogP contribution in [-0.4, -0.2) is 29.9 Å².